The van der Waals surface area contributed by atoms with E-state index in [1.807, 2.05) is 0 Å². The van der Waals surface area contributed by atoms with Crippen molar-refractivity contribution < 1.29 is 0 Å². The van der Waals surface area contributed by atoms with Gasteiger partial charge in [0.05, 0.1) is 0 Å². The Hall–Kier alpha value is -0.0800. The van der Waals surface area contributed by atoms with Crippen LogP contribution < -0.4 is 11.3 Å². The Balaban J connectivity index is 2.05. The largest absolute Gasteiger partial charge is 0.271 e. The summed E-state index contributed by atoms with van der Waals surface area (Å²) < 4.78 is 0. The number of hydrogen-bond donors (Lipinski definition) is 2. The minimum atomic E-state index is 0.581. The number of nitrogens with two attached hydrogens (primary N) is 1. The minimum Gasteiger partial charge on any atom is -0.271 e. The molecule has 0 aromatic heterocycles. The minimum absolute atomic E-state index is 0.581. The van der Waals surface area contributed by atoms with Gasteiger partial charge in [-0.3, -0.25) is 11.3 Å². The van der Waals surface area contributed by atoms with E-state index in [4.69, 9.17) is 5.84 Å². The lowest BCUT2D eigenvalue weighted by atomic mass is 10.1. The van der Waals surface area contributed by atoms with E-state index in [1.165, 1.54) is 32.1 Å². The Morgan fingerprint density at radius 2 is 2.30 bits per heavy atom. The lowest BCUT2D eigenvalue weighted by Crippen LogP contribution is -2.35. The predicted octanol–water partition coefficient (Wildman–Crippen LogP) is 1.42. The maximum Gasteiger partial charge on any atom is 0.0213 e. The topological polar surface area (TPSA) is 38.0 Å². The van der Waals surface area contributed by atoms with Crippen LogP contribution in [0.15, 0.2) is 0 Å². The second-order valence-electron chi connectivity index (χ2n) is 3.33. The summed E-state index contributed by atoms with van der Waals surface area (Å²) in [5.74, 6) is 6.38. The molecule has 2 nitrogen and oxygen atoms in total. The van der Waals surface area contributed by atoms with E-state index in [0.29, 0.717) is 6.04 Å². The van der Waals surface area contributed by atoms with E-state index in [1.54, 1.807) is 0 Å². The maximum absolute atomic E-state index is 5.38. The van der Waals surface area contributed by atoms with Crippen molar-refractivity contribution in [2.45, 2.75) is 45.1 Å². The van der Waals surface area contributed by atoms with Crippen LogP contribution in [0.4, 0.5) is 0 Å². The van der Waals surface area contributed by atoms with Gasteiger partial charge in [-0.25, -0.2) is 0 Å². The molecule has 0 radical (unpaired) electrons. The van der Waals surface area contributed by atoms with Gasteiger partial charge in [0.2, 0.25) is 0 Å². The second-order valence-corrected chi connectivity index (χ2v) is 3.33. The van der Waals surface area contributed by atoms with Crippen molar-refractivity contribution in [3.63, 3.8) is 0 Å². The van der Waals surface area contributed by atoms with Gasteiger partial charge in [0.25, 0.3) is 0 Å². The molecule has 0 aliphatic heterocycles. The third-order valence-electron chi connectivity index (χ3n) is 2.19. The molecule has 0 aromatic carbocycles. The number of hydrogen-bond acceptors (Lipinski definition) is 2. The molecule has 1 atom stereocenters. The monoisotopic (exact) mass is 142 g/mol. The smallest absolute Gasteiger partial charge is 0.0213 e. The highest BCUT2D eigenvalue weighted by Crippen LogP contribution is 2.33. The third kappa shape index (κ3) is 2.67. The Morgan fingerprint density at radius 1 is 1.60 bits per heavy atom. The zero-order chi connectivity index (χ0) is 7.40. The van der Waals surface area contributed by atoms with E-state index >= 15 is 0 Å². The molecular formula is C8H18N2. The van der Waals surface area contributed by atoms with Crippen LogP contribution in [0, 0.1) is 5.92 Å². The SMILES string of the molecule is CCCC(CC1CC1)NN. The predicted molar refractivity (Wildman–Crippen MR) is 43.4 cm³/mol. The number of rotatable bonds is 5. The molecule has 0 heterocycles. The fourth-order valence-electron chi connectivity index (χ4n) is 1.37. The van der Waals surface area contributed by atoms with Crippen molar-refractivity contribution in [3.05, 3.63) is 0 Å². The Morgan fingerprint density at radius 3 is 2.70 bits per heavy atom. The number of nitrogens with one attached hydrogen (secondary N) is 1. The van der Waals surface area contributed by atoms with Gasteiger partial charge in [0.1, 0.15) is 0 Å². The van der Waals surface area contributed by atoms with Crippen LogP contribution >= 0.6 is 0 Å². The molecule has 0 aromatic rings. The highest BCUT2D eigenvalue weighted by atomic mass is 15.2. The molecule has 60 valence electrons. The zero-order valence-corrected chi connectivity index (χ0v) is 6.77. The average molecular weight is 142 g/mol. The van der Waals surface area contributed by atoms with E-state index < -0.39 is 0 Å². The molecular weight excluding hydrogens is 124 g/mol. The molecule has 1 aliphatic rings. The molecule has 1 unspecified atom stereocenters. The normalized spacial score (nSPS) is 21.0. The van der Waals surface area contributed by atoms with Gasteiger partial charge in [0.15, 0.2) is 0 Å². The average Bonchev–Trinajstić information content (AvgIpc) is 2.71. The first-order valence-corrected chi connectivity index (χ1v) is 4.33. The van der Waals surface area contributed by atoms with E-state index in [-0.39, 0.29) is 0 Å². The van der Waals surface area contributed by atoms with Gasteiger partial charge in [0, 0.05) is 6.04 Å². The Bertz CT molecular complexity index is 89.3. The van der Waals surface area contributed by atoms with E-state index in [2.05, 4.69) is 12.3 Å². The van der Waals surface area contributed by atoms with Crippen molar-refractivity contribution in [2.24, 2.45) is 11.8 Å². The molecule has 3 N–H and O–H groups in total. The highest BCUT2D eigenvalue weighted by Gasteiger charge is 2.24. The molecule has 0 saturated heterocycles. The third-order valence-corrected chi connectivity index (χ3v) is 2.19. The lowest BCUT2D eigenvalue weighted by Gasteiger charge is -2.13. The summed E-state index contributed by atoms with van der Waals surface area (Å²) in [7, 11) is 0. The molecule has 1 rings (SSSR count). The Labute approximate surface area is 63.1 Å². The van der Waals surface area contributed by atoms with Crippen molar-refractivity contribution in [1.29, 1.82) is 0 Å². The first kappa shape index (κ1) is 8.02. The molecule has 1 saturated carbocycles. The molecule has 1 fully saturated rings. The van der Waals surface area contributed by atoms with Crippen molar-refractivity contribution in [3.8, 4) is 0 Å². The van der Waals surface area contributed by atoms with Crippen LogP contribution in [0.2, 0.25) is 0 Å². The first-order chi connectivity index (χ1) is 4.86. The van der Waals surface area contributed by atoms with Gasteiger partial charge in [-0.15, -0.1) is 0 Å². The summed E-state index contributed by atoms with van der Waals surface area (Å²) in [6.07, 6.45) is 6.63. The summed E-state index contributed by atoms with van der Waals surface area (Å²) in [4.78, 5) is 0. The molecule has 2 heteroatoms. The standard InChI is InChI=1S/C8H18N2/c1-2-3-8(10-9)6-7-4-5-7/h7-8,10H,2-6,9H2,1H3. The van der Waals surface area contributed by atoms with Gasteiger partial charge in [-0.05, 0) is 18.8 Å². The van der Waals surface area contributed by atoms with Gasteiger partial charge < -0.3 is 0 Å². The zero-order valence-electron chi connectivity index (χ0n) is 6.77. The van der Waals surface area contributed by atoms with Gasteiger partial charge in [-0.2, -0.15) is 0 Å². The molecule has 1 aliphatic carbocycles. The van der Waals surface area contributed by atoms with Crippen LogP contribution in [0.1, 0.15) is 39.0 Å². The van der Waals surface area contributed by atoms with E-state index in [0.717, 1.165) is 5.92 Å². The summed E-state index contributed by atoms with van der Waals surface area (Å²) in [6, 6.07) is 0.581. The van der Waals surface area contributed by atoms with Crippen molar-refractivity contribution >= 4 is 0 Å². The Kier molecular flexibility index (Phi) is 3.16. The summed E-state index contributed by atoms with van der Waals surface area (Å²) in [6.45, 7) is 2.21. The van der Waals surface area contributed by atoms with Crippen LogP contribution in [-0.2, 0) is 0 Å². The summed E-state index contributed by atoms with van der Waals surface area (Å²) in [5.41, 5.74) is 2.87. The molecule has 0 amide bonds. The molecule has 0 spiro atoms. The molecule has 0 bridgehead atoms. The molecule has 10 heavy (non-hydrogen) atoms. The highest BCUT2D eigenvalue weighted by molar-refractivity contribution is 4.78. The van der Waals surface area contributed by atoms with Crippen LogP contribution in [0.5, 0.6) is 0 Å². The maximum atomic E-state index is 5.38. The first-order valence-electron chi connectivity index (χ1n) is 4.33. The summed E-state index contributed by atoms with van der Waals surface area (Å²) >= 11 is 0. The van der Waals surface area contributed by atoms with E-state index in [9.17, 15) is 0 Å². The van der Waals surface area contributed by atoms with Crippen LogP contribution in [0.3, 0.4) is 0 Å². The fourth-order valence-corrected chi connectivity index (χ4v) is 1.37. The summed E-state index contributed by atoms with van der Waals surface area (Å²) in [5, 5.41) is 0. The van der Waals surface area contributed by atoms with Gasteiger partial charge >= 0.3 is 0 Å². The van der Waals surface area contributed by atoms with Crippen LogP contribution in [0.25, 0.3) is 0 Å². The van der Waals surface area contributed by atoms with Crippen molar-refractivity contribution in [1.82, 2.24) is 5.43 Å². The number of hydrazine groups is 1. The van der Waals surface area contributed by atoms with Crippen molar-refractivity contribution in [2.75, 3.05) is 0 Å². The van der Waals surface area contributed by atoms with Gasteiger partial charge in [-0.1, -0.05) is 26.2 Å². The second kappa shape index (κ2) is 3.94. The fraction of sp³-hybridized carbons (Fsp3) is 1.00. The van der Waals surface area contributed by atoms with Crippen LogP contribution in [-0.4, -0.2) is 6.04 Å². The lowest BCUT2D eigenvalue weighted by molar-refractivity contribution is 0.438. The quantitative estimate of drug-likeness (QED) is 0.450.